The zero-order valence-corrected chi connectivity index (χ0v) is 12.6. The maximum absolute atomic E-state index is 13.6. The SMILES string of the molecule is NNC(c1cc(F)ccc1Br)c1cccc2ccncc12. The Morgan fingerprint density at radius 1 is 1.14 bits per heavy atom. The average Bonchev–Trinajstić information content (AvgIpc) is 2.51. The summed E-state index contributed by atoms with van der Waals surface area (Å²) in [4.78, 5) is 4.17. The van der Waals surface area contributed by atoms with E-state index < -0.39 is 0 Å². The highest BCUT2D eigenvalue weighted by molar-refractivity contribution is 9.10. The van der Waals surface area contributed by atoms with Crippen molar-refractivity contribution >= 4 is 26.7 Å². The van der Waals surface area contributed by atoms with Gasteiger partial charge in [-0.25, -0.2) is 9.82 Å². The Labute approximate surface area is 130 Å². The molecule has 0 aliphatic rings. The number of rotatable bonds is 3. The molecular formula is C16H13BrFN3. The fourth-order valence-electron chi connectivity index (χ4n) is 2.47. The van der Waals surface area contributed by atoms with Gasteiger partial charge in [-0.2, -0.15) is 0 Å². The summed E-state index contributed by atoms with van der Waals surface area (Å²) < 4.78 is 14.4. The summed E-state index contributed by atoms with van der Waals surface area (Å²) in [7, 11) is 0. The second-order valence-corrected chi connectivity index (χ2v) is 5.56. The molecule has 3 rings (SSSR count). The van der Waals surface area contributed by atoms with E-state index in [2.05, 4.69) is 26.3 Å². The number of hydrogen-bond acceptors (Lipinski definition) is 3. The van der Waals surface area contributed by atoms with Gasteiger partial charge >= 0.3 is 0 Å². The predicted molar refractivity (Wildman–Crippen MR) is 85.0 cm³/mol. The molecule has 2 aromatic carbocycles. The predicted octanol–water partition coefficient (Wildman–Crippen LogP) is 3.69. The smallest absolute Gasteiger partial charge is 0.123 e. The van der Waals surface area contributed by atoms with Crippen LogP contribution in [-0.2, 0) is 0 Å². The molecule has 1 unspecified atom stereocenters. The van der Waals surface area contributed by atoms with Gasteiger partial charge in [0.25, 0.3) is 0 Å². The Morgan fingerprint density at radius 3 is 2.81 bits per heavy atom. The van der Waals surface area contributed by atoms with Gasteiger partial charge in [-0.15, -0.1) is 0 Å². The Bertz CT molecular complexity index is 786. The lowest BCUT2D eigenvalue weighted by Crippen LogP contribution is -2.29. The number of nitrogens with one attached hydrogen (secondary N) is 1. The van der Waals surface area contributed by atoms with Crippen molar-refractivity contribution in [3.05, 3.63) is 76.3 Å². The van der Waals surface area contributed by atoms with E-state index in [0.29, 0.717) is 0 Å². The molecule has 1 aromatic heterocycles. The Balaban J connectivity index is 2.21. The standard InChI is InChI=1S/C16H13BrFN3/c17-15-5-4-11(18)8-13(15)16(21-19)12-3-1-2-10-6-7-20-9-14(10)12/h1-9,16,21H,19H2. The first kappa shape index (κ1) is 14.1. The van der Waals surface area contributed by atoms with Crippen molar-refractivity contribution < 1.29 is 4.39 Å². The number of hydrogen-bond donors (Lipinski definition) is 2. The Kier molecular flexibility index (Phi) is 3.96. The summed E-state index contributed by atoms with van der Waals surface area (Å²) in [5, 5.41) is 2.05. The normalized spacial score (nSPS) is 12.5. The highest BCUT2D eigenvalue weighted by Crippen LogP contribution is 2.32. The number of halogens is 2. The van der Waals surface area contributed by atoms with E-state index >= 15 is 0 Å². The van der Waals surface area contributed by atoms with Crippen LogP contribution in [0.5, 0.6) is 0 Å². The van der Waals surface area contributed by atoms with Crippen LogP contribution in [-0.4, -0.2) is 4.98 Å². The fourth-order valence-corrected chi connectivity index (χ4v) is 2.95. The number of aromatic nitrogens is 1. The summed E-state index contributed by atoms with van der Waals surface area (Å²) >= 11 is 3.46. The van der Waals surface area contributed by atoms with Crippen LogP contribution in [0.15, 0.2) is 59.3 Å². The second-order valence-electron chi connectivity index (χ2n) is 4.71. The highest BCUT2D eigenvalue weighted by Gasteiger charge is 2.18. The Hall–Kier alpha value is -1.82. The van der Waals surface area contributed by atoms with Crippen LogP contribution in [0.2, 0.25) is 0 Å². The van der Waals surface area contributed by atoms with Crippen LogP contribution in [0, 0.1) is 5.82 Å². The van der Waals surface area contributed by atoms with E-state index in [-0.39, 0.29) is 11.9 Å². The van der Waals surface area contributed by atoms with E-state index in [1.54, 1.807) is 18.5 Å². The second kappa shape index (κ2) is 5.89. The highest BCUT2D eigenvalue weighted by atomic mass is 79.9. The first-order valence-corrected chi connectivity index (χ1v) is 7.23. The lowest BCUT2D eigenvalue weighted by atomic mass is 9.95. The van der Waals surface area contributed by atoms with Crippen molar-refractivity contribution in [2.45, 2.75) is 6.04 Å². The molecule has 0 saturated heterocycles. The van der Waals surface area contributed by atoms with Gasteiger partial charge in [-0.05, 0) is 40.8 Å². The van der Waals surface area contributed by atoms with Gasteiger partial charge in [0, 0.05) is 22.3 Å². The molecule has 1 heterocycles. The molecule has 21 heavy (non-hydrogen) atoms. The first-order chi connectivity index (χ1) is 10.2. The number of nitrogens with two attached hydrogens (primary N) is 1. The van der Waals surface area contributed by atoms with Crippen LogP contribution in [0.3, 0.4) is 0 Å². The fraction of sp³-hybridized carbons (Fsp3) is 0.0625. The summed E-state index contributed by atoms with van der Waals surface area (Å²) in [6, 6.07) is 12.1. The molecule has 0 saturated carbocycles. The quantitative estimate of drug-likeness (QED) is 0.562. The van der Waals surface area contributed by atoms with E-state index in [0.717, 1.165) is 26.4 Å². The number of pyridine rings is 1. The van der Waals surface area contributed by atoms with Crippen molar-refractivity contribution in [1.82, 2.24) is 10.4 Å². The third-order valence-electron chi connectivity index (χ3n) is 3.46. The zero-order chi connectivity index (χ0) is 14.8. The largest absolute Gasteiger partial charge is 0.271 e. The van der Waals surface area contributed by atoms with Crippen LogP contribution in [0.1, 0.15) is 17.2 Å². The number of hydrazine groups is 1. The van der Waals surface area contributed by atoms with Crippen molar-refractivity contribution in [3.8, 4) is 0 Å². The number of fused-ring (bicyclic) bond motifs is 1. The molecule has 0 fully saturated rings. The lowest BCUT2D eigenvalue weighted by Gasteiger charge is -2.20. The van der Waals surface area contributed by atoms with Crippen molar-refractivity contribution in [3.63, 3.8) is 0 Å². The third kappa shape index (κ3) is 2.68. The average molecular weight is 346 g/mol. The van der Waals surface area contributed by atoms with Gasteiger partial charge in [0.2, 0.25) is 0 Å². The van der Waals surface area contributed by atoms with Gasteiger partial charge in [0.05, 0.1) is 6.04 Å². The molecule has 0 bridgehead atoms. The van der Waals surface area contributed by atoms with Gasteiger partial charge < -0.3 is 0 Å². The van der Waals surface area contributed by atoms with Crippen LogP contribution in [0.4, 0.5) is 4.39 Å². The molecule has 0 aliphatic carbocycles. The molecule has 3 aromatic rings. The van der Waals surface area contributed by atoms with E-state index in [1.807, 2.05) is 24.3 Å². The van der Waals surface area contributed by atoms with Crippen LogP contribution in [0.25, 0.3) is 10.8 Å². The third-order valence-corrected chi connectivity index (χ3v) is 4.19. The minimum Gasteiger partial charge on any atom is -0.271 e. The minimum atomic E-state index is -0.331. The van der Waals surface area contributed by atoms with Crippen molar-refractivity contribution in [2.75, 3.05) is 0 Å². The molecule has 0 aliphatic heterocycles. The Morgan fingerprint density at radius 2 is 2.00 bits per heavy atom. The summed E-state index contributed by atoms with van der Waals surface area (Å²) in [5.74, 6) is 5.43. The zero-order valence-electron chi connectivity index (χ0n) is 11.1. The van der Waals surface area contributed by atoms with Gasteiger partial charge in [0.15, 0.2) is 0 Å². The van der Waals surface area contributed by atoms with E-state index in [1.165, 1.54) is 12.1 Å². The molecule has 3 nitrogen and oxygen atoms in total. The molecule has 0 radical (unpaired) electrons. The van der Waals surface area contributed by atoms with E-state index in [9.17, 15) is 4.39 Å². The molecule has 1 atom stereocenters. The van der Waals surface area contributed by atoms with E-state index in [4.69, 9.17) is 5.84 Å². The summed E-state index contributed by atoms with van der Waals surface area (Å²) in [6.45, 7) is 0. The topological polar surface area (TPSA) is 50.9 Å². The van der Waals surface area contributed by atoms with Crippen LogP contribution < -0.4 is 11.3 Å². The summed E-state index contributed by atoms with van der Waals surface area (Å²) in [6.07, 6.45) is 3.54. The van der Waals surface area contributed by atoms with Gasteiger partial charge in [-0.1, -0.05) is 34.1 Å². The first-order valence-electron chi connectivity index (χ1n) is 6.44. The van der Waals surface area contributed by atoms with Crippen LogP contribution >= 0.6 is 15.9 Å². The molecule has 0 spiro atoms. The molecule has 106 valence electrons. The minimum absolute atomic E-state index is 0.299. The summed E-state index contributed by atoms with van der Waals surface area (Å²) in [5.41, 5.74) is 4.47. The lowest BCUT2D eigenvalue weighted by molar-refractivity contribution is 0.605. The number of benzene rings is 2. The van der Waals surface area contributed by atoms with Crippen molar-refractivity contribution in [1.29, 1.82) is 0 Å². The molecule has 0 amide bonds. The molecule has 5 heteroatoms. The maximum atomic E-state index is 13.6. The molecular weight excluding hydrogens is 333 g/mol. The van der Waals surface area contributed by atoms with Gasteiger partial charge in [0.1, 0.15) is 5.82 Å². The maximum Gasteiger partial charge on any atom is 0.123 e. The number of nitrogens with zero attached hydrogens (tertiary/aromatic N) is 1. The van der Waals surface area contributed by atoms with Crippen molar-refractivity contribution in [2.24, 2.45) is 5.84 Å². The van der Waals surface area contributed by atoms with Gasteiger partial charge in [-0.3, -0.25) is 10.8 Å². The monoisotopic (exact) mass is 345 g/mol. The molecule has 3 N–H and O–H groups in total.